The lowest BCUT2D eigenvalue weighted by Crippen LogP contribution is -2.34. The van der Waals surface area contributed by atoms with Gasteiger partial charge in [0.1, 0.15) is 5.52 Å². The molecule has 0 fully saturated rings. The number of fused-ring (bicyclic) bond motifs is 1. The number of benzene rings is 1. The number of hydrogen-bond donors (Lipinski definition) is 1. The first-order chi connectivity index (χ1) is 11.4. The Hall–Kier alpha value is -2.83. The topological polar surface area (TPSA) is 59.8 Å². The number of imidazole rings is 1. The number of amides is 1. The second kappa shape index (κ2) is 6.35. The van der Waals surface area contributed by atoms with E-state index in [1.54, 1.807) is 12.4 Å². The number of hydrogen-bond acceptors (Lipinski definition) is 3. The summed E-state index contributed by atoms with van der Waals surface area (Å²) in [6.45, 7) is 0.643. The third-order valence-electron chi connectivity index (χ3n) is 3.47. The molecule has 2 aromatic heterocycles. The molecule has 1 N–H and O–H groups in total. The predicted molar refractivity (Wildman–Crippen MR) is 86.0 cm³/mol. The summed E-state index contributed by atoms with van der Waals surface area (Å²) in [6.07, 6.45) is 3.02. The van der Waals surface area contributed by atoms with Crippen molar-refractivity contribution in [2.24, 2.45) is 0 Å². The molecule has 7 heteroatoms. The molecule has 1 amide bonds. The summed E-state index contributed by atoms with van der Waals surface area (Å²) in [7, 11) is 0. The molecule has 124 valence electrons. The summed E-state index contributed by atoms with van der Waals surface area (Å²) in [6, 6.07) is 11.4. The molecule has 0 unspecified atom stereocenters. The minimum atomic E-state index is -2.95. The van der Waals surface area contributed by atoms with E-state index in [1.807, 2.05) is 34.9 Å². The van der Waals surface area contributed by atoms with E-state index >= 15 is 0 Å². The van der Waals surface area contributed by atoms with Crippen molar-refractivity contribution in [3.63, 3.8) is 0 Å². The first-order valence-corrected chi connectivity index (χ1v) is 7.43. The minimum absolute atomic E-state index is 0.205. The maximum Gasteiger partial charge on any atom is 0.262 e. The van der Waals surface area contributed by atoms with E-state index in [9.17, 15) is 13.6 Å². The quantitative estimate of drug-likeness (QED) is 0.782. The summed E-state index contributed by atoms with van der Waals surface area (Å²) in [5.41, 5.74) is 2.49. The van der Waals surface area contributed by atoms with Gasteiger partial charge in [0.2, 0.25) is 0 Å². The lowest BCUT2D eigenvalue weighted by molar-refractivity contribution is 0.0221. The molecule has 0 aliphatic rings. The standard InChI is InChI=1S/C17H16F2N4O/c1-17(18,19)10-21-16(24)13-7-14-15(20-8-13)23(11-22-14)9-12-5-3-2-4-6-12/h2-8,11H,9-10H2,1H3,(H,21,24). The maximum atomic E-state index is 12.8. The van der Waals surface area contributed by atoms with Crippen molar-refractivity contribution in [3.05, 3.63) is 60.0 Å². The van der Waals surface area contributed by atoms with Gasteiger partial charge in [-0.05, 0) is 11.6 Å². The van der Waals surface area contributed by atoms with Crippen LogP contribution in [-0.2, 0) is 6.54 Å². The summed E-state index contributed by atoms with van der Waals surface area (Å²) in [5, 5.41) is 2.19. The molecule has 0 bridgehead atoms. The number of halogens is 2. The van der Waals surface area contributed by atoms with E-state index in [0.717, 1.165) is 12.5 Å². The van der Waals surface area contributed by atoms with E-state index in [0.29, 0.717) is 17.7 Å². The van der Waals surface area contributed by atoms with Gasteiger partial charge in [0.25, 0.3) is 11.8 Å². The number of nitrogens with zero attached hydrogens (tertiary/aromatic N) is 3. The van der Waals surface area contributed by atoms with Crippen LogP contribution in [-0.4, -0.2) is 32.9 Å². The zero-order chi connectivity index (χ0) is 17.2. The van der Waals surface area contributed by atoms with E-state index in [-0.39, 0.29) is 5.56 Å². The third-order valence-corrected chi connectivity index (χ3v) is 3.47. The number of pyridine rings is 1. The third kappa shape index (κ3) is 3.73. The smallest absolute Gasteiger partial charge is 0.262 e. The van der Waals surface area contributed by atoms with Crippen LogP contribution in [0.25, 0.3) is 11.2 Å². The van der Waals surface area contributed by atoms with E-state index in [2.05, 4.69) is 15.3 Å². The molecule has 3 aromatic rings. The van der Waals surface area contributed by atoms with Gasteiger partial charge >= 0.3 is 0 Å². The van der Waals surface area contributed by atoms with Crippen LogP contribution in [0.5, 0.6) is 0 Å². The molecule has 0 aliphatic heterocycles. The highest BCUT2D eigenvalue weighted by atomic mass is 19.3. The van der Waals surface area contributed by atoms with Crippen LogP contribution in [0.2, 0.25) is 0 Å². The normalized spacial score (nSPS) is 11.6. The van der Waals surface area contributed by atoms with Crippen LogP contribution >= 0.6 is 0 Å². The minimum Gasteiger partial charge on any atom is -0.346 e. The Balaban J connectivity index is 1.79. The van der Waals surface area contributed by atoms with Gasteiger partial charge in [0.05, 0.1) is 25.0 Å². The Bertz CT molecular complexity index is 856. The summed E-state index contributed by atoms with van der Waals surface area (Å²) in [4.78, 5) is 20.4. The monoisotopic (exact) mass is 330 g/mol. The molecular formula is C17H16F2N4O. The first kappa shape index (κ1) is 16.0. The average molecular weight is 330 g/mol. The Kier molecular flexibility index (Phi) is 4.24. The van der Waals surface area contributed by atoms with Crippen LogP contribution in [0.1, 0.15) is 22.8 Å². The molecule has 0 radical (unpaired) electrons. The van der Waals surface area contributed by atoms with Crippen molar-refractivity contribution in [2.45, 2.75) is 19.4 Å². The van der Waals surface area contributed by atoms with Gasteiger partial charge in [-0.2, -0.15) is 0 Å². The summed E-state index contributed by atoms with van der Waals surface area (Å²) < 4.78 is 27.5. The van der Waals surface area contributed by atoms with Crippen molar-refractivity contribution in [3.8, 4) is 0 Å². The van der Waals surface area contributed by atoms with Crippen molar-refractivity contribution in [2.75, 3.05) is 6.54 Å². The molecule has 2 heterocycles. The SMILES string of the molecule is CC(F)(F)CNC(=O)c1cnc2c(c1)ncn2Cc1ccccc1. The number of alkyl halides is 2. The van der Waals surface area contributed by atoms with Crippen molar-refractivity contribution in [1.82, 2.24) is 19.9 Å². The van der Waals surface area contributed by atoms with E-state index < -0.39 is 18.4 Å². The highest BCUT2D eigenvalue weighted by Crippen LogP contribution is 2.15. The van der Waals surface area contributed by atoms with Crippen LogP contribution in [0, 0.1) is 0 Å². The Labute approximate surface area is 137 Å². The van der Waals surface area contributed by atoms with Crippen LogP contribution in [0.4, 0.5) is 8.78 Å². The fourth-order valence-corrected chi connectivity index (χ4v) is 2.31. The molecule has 0 saturated heterocycles. The molecule has 24 heavy (non-hydrogen) atoms. The molecule has 5 nitrogen and oxygen atoms in total. The second-order valence-corrected chi connectivity index (χ2v) is 5.68. The molecular weight excluding hydrogens is 314 g/mol. The molecule has 0 saturated carbocycles. The highest BCUT2D eigenvalue weighted by Gasteiger charge is 2.22. The number of nitrogens with one attached hydrogen (secondary N) is 1. The van der Waals surface area contributed by atoms with Crippen LogP contribution in [0.3, 0.4) is 0 Å². The largest absolute Gasteiger partial charge is 0.346 e. The lowest BCUT2D eigenvalue weighted by Gasteiger charge is -2.11. The fraction of sp³-hybridized carbons (Fsp3) is 0.235. The Morgan fingerprint density at radius 2 is 2.00 bits per heavy atom. The zero-order valence-electron chi connectivity index (χ0n) is 13.0. The van der Waals surface area contributed by atoms with Gasteiger partial charge in [0.15, 0.2) is 5.65 Å². The van der Waals surface area contributed by atoms with Crippen molar-refractivity contribution < 1.29 is 13.6 Å². The lowest BCUT2D eigenvalue weighted by atomic mass is 10.2. The summed E-state index contributed by atoms with van der Waals surface area (Å²) >= 11 is 0. The number of carbonyl (C=O) groups is 1. The van der Waals surface area contributed by atoms with Gasteiger partial charge in [-0.1, -0.05) is 30.3 Å². The maximum absolute atomic E-state index is 12.8. The van der Waals surface area contributed by atoms with Crippen LogP contribution in [0.15, 0.2) is 48.9 Å². The number of rotatable bonds is 5. The number of aromatic nitrogens is 3. The fourth-order valence-electron chi connectivity index (χ4n) is 2.31. The molecule has 3 rings (SSSR count). The molecule has 0 aliphatic carbocycles. The Morgan fingerprint density at radius 1 is 1.25 bits per heavy atom. The van der Waals surface area contributed by atoms with Crippen molar-refractivity contribution in [1.29, 1.82) is 0 Å². The van der Waals surface area contributed by atoms with Gasteiger partial charge in [0, 0.05) is 13.1 Å². The molecule has 0 spiro atoms. The Morgan fingerprint density at radius 3 is 2.71 bits per heavy atom. The van der Waals surface area contributed by atoms with Crippen molar-refractivity contribution >= 4 is 17.1 Å². The van der Waals surface area contributed by atoms with Gasteiger partial charge in [-0.25, -0.2) is 18.7 Å². The van der Waals surface area contributed by atoms with Crippen LogP contribution < -0.4 is 5.32 Å². The second-order valence-electron chi connectivity index (χ2n) is 5.68. The predicted octanol–water partition coefficient (Wildman–Crippen LogP) is 2.86. The highest BCUT2D eigenvalue weighted by molar-refractivity contribution is 5.96. The first-order valence-electron chi connectivity index (χ1n) is 7.43. The summed E-state index contributed by atoms with van der Waals surface area (Å²) in [5.74, 6) is -3.55. The average Bonchev–Trinajstić information content (AvgIpc) is 2.95. The van der Waals surface area contributed by atoms with E-state index in [1.165, 1.54) is 6.20 Å². The van der Waals surface area contributed by atoms with E-state index in [4.69, 9.17) is 0 Å². The number of carbonyl (C=O) groups excluding carboxylic acids is 1. The zero-order valence-corrected chi connectivity index (χ0v) is 13.0. The molecule has 1 aromatic carbocycles. The van der Waals surface area contributed by atoms with Gasteiger partial charge in [-0.15, -0.1) is 0 Å². The van der Waals surface area contributed by atoms with Gasteiger partial charge in [-0.3, -0.25) is 4.79 Å². The van der Waals surface area contributed by atoms with Gasteiger partial charge < -0.3 is 9.88 Å². The molecule has 0 atom stereocenters.